The van der Waals surface area contributed by atoms with E-state index in [1.165, 1.54) is 38.5 Å². The van der Waals surface area contributed by atoms with Crippen molar-refractivity contribution in [3.05, 3.63) is 0 Å². The van der Waals surface area contributed by atoms with E-state index in [9.17, 15) is 9.59 Å². The van der Waals surface area contributed by atoms with E-state index in [2.05, 4.69) is 0 Å². The fourth-order valence-corrected chi connectivity index (χ4v) is 3.18. The van der Waals surface area contributed by atoms with E-state index in [0.717, 1.165) is 12.3 Å². The number of hydrogen-bond donors (Lipinski definition) is 0. The molecule has 1 saturated carbocycles. The van der Waals surface area contributed by atoms with Gasteiger partial charge in [0.2, 0.25) is 11.8 Å². The van der Waals surface area contributed by atoms with Crippen LogP contribution in [-0.4, -0.2) is 48.3 Å². The van der Waals surface area contributed by atoms with Gasteiger partial charge in [-0.2, -0.15) is 0 Å². The highest BCUT2D eigenvalue weighted by atomic mass is 16.2. The van der Waals surface area contributed by atoms with Gasteiger partial charge in [0.05, 0.1) is 6.54 Å². The summed E-state index contributed by atoms with van der Waals surface area (Å²) in [7, 11) is 1.74. The van der Waals surface area contributed by atoms with Crippen LogP contribution in [0.3, 0.4) is 0 Å². The van der Waals surface area contributed by atoms with Gasteiger partial charge in [0, 0.05) is 26.6 Å². The normalized spacial score (nSPS) is 15.8. The molecule has 0 heterocycles. The number of hydrogen-bond acceptors (Lipinski definition) is 2. The van der Waals surface area contributed by atoms with Gasteiger partial charge in [-0.25, -0.2) is 0 Å². The third kappa shape index (κ3) is 6.49. The molecule has 1 aliphatic rings. The molecule has 0 saturated heterocycles. The van der Waals surface area contributed by atoms with Crippen LogP contribution in [0.4, 0.5) is 0 Å². The number of likely N-dealkylation sites (N-methyl/N-ethyl adjacent to an activating group) is 2. The first-order valence-electron chi connectivity index (χ1n) is 8.60. The van der Waals surface area contributed by atoms with E-state index >= 15 is 0 Å². The highest BCUT2D eigenvalue weighted by Crippen LogP contribution is 2.27. The van der Waals surface area contributed by atoms with Crippen LogP contribution in [0.1, 0.15) is 65.2 Å². The summed E-state index contributed by atoms with van der Waals surface area (Å²) in [6.45, 7) is 5.56. The summed E-state index contributed by atoms with van der Waals surface area (Å²) in [5.41, 5.74) is 0. The van der Waals surface area contributed by atoms with Crippen molar-refractivity contribution in [3.8, 4) is 0 Å². The molecule has 0 radical (unpaired) electrons. The van der Waals surface area contributed by atoms with Gasteiger partial charge in [-0.3, -0.25) is 9.59 Å². The largest absolute Gasteiger partial charge is 0.342 e. The lowest BCUT2D eigenvalue weighted by Crippen LogP contribution is -2.40. The van der Waals surface area contributed by atoms with Crippen LogP contribution in [0.25, 0.3) is 0 Å². The average molecular weight is 296 g/mol. The average Bonchev–Trinajstić information content (AvgIpc) is 2.49. The summed E-state index contributed by atoms with van der Waals surface area (Å²) in [6.07, 6.45) is 9.49. The lowest BCUT2D eigenvalue weighted by atomic mass is 9.86. The zero-order valence-corrected chi connectivity index (χ0v) is 14.1. The molecule has 1 fully saturated rings. The fourth-order valence-electron chi connectivity index (χ4n) is 3.18. The zero-order chi connectivity index (χ0) is 15.7. The Labute approximate surface area is 129 Å². The number of amides is 2. The molecule has 0 atom stereocenters. The standard InChI is InChI=1S/C17H32N2O2/c1-4-19(5-2)17(21)14-18(3)16(20)13-9-12-15-10-7-6-8-11-15/h15H,4-14H2,1-3H3. The Morgan fingerprint density at radius 1 is 1.00 bits per heavy atom. The molecule has 0 spiro atoms. The highest BCUT2D eigenvalue weighted by Gasteiger charge is 2.17. The fraction of sp³-hybridized carbons (Fsp3) is 0.882. The van der Waals surface area contributed by atoms with Crippen LogP contribution >= 0.6 is 0 Å². The molecule has 1 rings (SSSR count). The summed E-state index contributed by atoms with van der Waals surface area (Å²) >= 11 is 0. The summed E-state index contributed by atoms with van der Waals surface area (Å²) in [6, 6.07) is 0. The van der Waals surface area contributed by atoms with Crippen LogP contribution in [0.15, 0.2) is 0 Å². The van der Waals surface area contributed by atoms with Crippen LogP contribution in [-0.2, 0) is 9.59 Å². The van der Waals surface area contributed by atoms with Crippen LogP contribution in [0, 0.1) is 5.92 Å². The minimum Gasteiger partial charge on any atom is -0.342 e. The molecule has 0 N–H and O–H groups in total. The Kier molecular flexibility index (Phi) is 8.40. The van der Waals surface area contributed by atoms with Gasteiger partial charge >= 0.3 is 0 Å². The van der Waals surface area contributed by atoms with E-state index < -0.39 is 0 Å². The second-order valence-electron chi connectivity index (χ2n) is 6.21. The second kappa shape index (κ2) is 9.80. The SMILES string of the molecule is CCN(CC)C(=O)CN(C)C(=O)CCCC1CCCCC1. The van der Waals surface area contributed by atoms with E-state index in [0.29, 0.717) is 19.5 Å². The van der Waals surface area contributed by atoms with E-state index in [1.807, 2.05) is 13.8 Å². The van der Waals surface area contributed by atoms with Crippen molar-refractivity contribution >= 4 is 11.8 Å². The Hall–Kier alpha value is -1.06. The Morgan fingerprint density at radius 3 is 2.19 bits per heavy atom. The maximum atomic E-state index is 12.1. The van der Waals surface area contributed by atoms with E-state index in [4.69, 9.17) is 0 Å². The topological polar surface area (TPSA) is 40.6 Å². The monoisotopic (exact) mass is 296 g/mol. The molecule has 0 unspecified atom stereocenters. The van der Waals surface area contributed by atoms with Crippen molar-refractivity contribution in [1.82, 2.24) is 9.80 Å². The third-order valence-electron chi connectivity index (χ3n) is 4.64. The molecule has 0 aromatic rings. The Balaban J connectivity index is 2.22. The van der Waals surface area contributed by atoms with Gasteiger partial charge in [0.1, 0.15) is 0 Å². The summed E-state index contributed by atoms with van der Waals surface area (Å²) < 4.78 is 0. The number of carbonyl (C=O) groups excluding carboxylic acids is 2. The minimum atomic E-state index is 0.0446. The van der Waals surface area contributed by atoms with Crippen LogP contribution in [0.5, 0.6) is 0 Å². The van der Waals surface area contributed by atoms with Crippen LogP contribution in [0.2, 0.25) is 0 Å². The molecule has 0 aromatic heterocycles. The lowest BCUT2D eigenvalue weighted by Gasteiger charge is -2.24. The van der Waals surface area contributed by atoms with Gasteiger partial charge in [-0.1, -0.05) is 32.1 Å². The Bertz CT molecular complexity index is 321. The molecular weight excluding hydrogens is 264 g/mol. The van der Waals surface area contributed by atoms with Crippen molar-refractivity contribution in [1.29, 1.82) is 0 Å². The van der Waals surface area contributed by atoms with E-state index in [1.54, 1.807) is 16.8 Å². The molecule has 4 heteroatoms. The number of carbonyl (C=O) groups is 2. The van der Waals surface area contributed by atoms with E-state index in [-0.39, 0.29) is 18.4 Å². The quantitative estimate of drug-likeness (QED) is 0.690. The van der Waals surface area contributed by atoms with Gasteiger partial charge in [-0.15, -0.1) is 0 Å². The first kappa shape index (κ1) is 18.0. The van der Waals surface area contributed by atoms with Crippen molar-refractivity contribution in [2.24, 2.45) is 5.92 Å². The molecule has 122 valence electrons. The molecule has 2 amide bonds. The Morgan fingerprint density at radius 2 is 1.62 bits per heavy atom. The van der Waals surface area contributed by atoms with Gasteiger partial charge < -0.3 is 9.80 Å². The molecule has 4 nitrogen and oxygen atoms in total. The molecular formula is C17H32N2O2. The summed E-state index contributed by atoms with van der Waals surface area (Å²) in [4.78, 5) is 27.4. The summed E-state index contributed by atoms with van der Waals surface area (Å²) in [5.74, 6) is 0.976. The lowest BCUT2D eigenvalue weighted by molar-refractivity contribution is -0.139. The van der Waals surface area contributed by atoms with Crippen molar-refractivity contribution < 1.29 is 9.59 Å². The number of rotatable bonds is 8. The second-order valence-corrected chi connectivity index (χ2v) is 6.21. The van der Waals surface area contributed by atoms with Crippen LogP contribution < -0.4 is 0 Å². The zero-order valence-electron chi connectivity index (χ0n) is 14.1. The first-order chi connectivity index (χ1) is 10.1. The molecule has 1 aliphatic carbocycles. The van der Waals surface area contributed by atoms with Crippen molar-refractivity contribution in [2.75, 3.05) is 26.7 Å². The molecule has 0 aromatic carbocycles. The summed E-state index contributed by atoms with van der Waals surface area (Å²) in [5, 5.41) is 0. The third-order valence-corrected chi connectivity index (χ3v) is 4.64. The number of nitrogens with zero attached hydrogens (tertiary/aromatic N) is 2. The predicted molar refractivity (Wildman–Crippen MR) is 86.0 cm³/mol. The molecule has 21 heavy (non-hydrogen) atoms. The highest BCUT2D eigenvalue weighted by molar-refractivity contribution is 5.84. The maximum absolute atomic E-state index is 12.1. The molecule has 0 bridgehead atoms. The molecule has 0 aliphatic heterocycles. The van der Waals surface area contributed by atoms with Gasteiger partial charge in [0.15, 0.2) is 0 Å². The van der Waals surface area contributed by atoms with Crippen molar-refractivity contribution in [3.63, 3.8) is 0 Å². The first-order valence-corrected chi connectivity index (χ1v) is 8.60. The van der Waals surface area contributed by atoms with Gasteiger partial charge in [0.25, 0.3) is 0 Å². The van der Waals surface area contributed by atoms with Crippen molar-refractivity contribution in [2.45, 2.75) is 65.2 Å². The maximum Gasteiger partial charge on any atom is 0.242 e. The minimum absolute atomic E-state index is 0.0446. The predicted octanol–water partition coefficient (Wildman–Crippen LogP) is 3.06. The van der Waals surface area contributed by atoms with Gasteiger partial charge in [-0.05, 0) is 32.6 Å². The smallest absolute Gasteiger partial charge is 0.242 e.